The molecule has 1 aliphatic rings. The molecule has 0 aliphatic heterocycles. The molecule has 4 rings (SSSR count). The van der Waals surface area contributed by atoms with E-state index in [-0.39, 0.29) is 24.9 Å². The molecule has 1 heterocycles. The van der Waals surface area contributed by atoms with Gasteiger partial charge in [-0.3, -0.25) is 19.2 Å². The molecule has 1 fully saturated rings. The average Bonchev–Trinajstić information content (AvgIpc) is 3.51. The van der Waals surface area contributed by atoms with E-state index in [2.05, 4.69) is 26.3 Å². The third kappa shape index (κ3) is 8.57. The van der Waals surface area contributed by atoms with Gasteiger partial charge in [0.25, 0.3) is 11.8 Å². The highest BCUT2D eigenvalue weighted by Gasteiger charge is 2.35. The molecular formula is C33H41N5O5S. The first kappa shape index (κ1) is 32.9. The number of benzene rings is 2. The summed E-state index contributed by atoms with van der Waals surface area (Å²) in [7, 11) is 0. The van der Waals surface area contributed by atoms with Gasteiger partial charge in [-0.25, -0.2) is 4.98 Å². The molecule has 0 unspecified atom stereocenters. The molecule has 3 amide bonds. The van der Waals surface area contributed by atoms with Gasteiger partial charge in [0.15, 0.2) is 0 Å². The summed E-state index contributed by atoms with van der Waals surface area (Å²) in [5.41, 5.74) is 2.31. The van der Waals surface area contributed by atoms with Gasteiger partial charge < -0.3 is 26.1 Å². The SMILES string of the molecule is CC(C)[C@H](NC(=O)[C@H](C)NC[C@@](C=O)(Cc1ccccc1)NC(=O)c1ccc2ncsc2c1)C(=O)C(=O)NC1CCCCC1. The van der Waals surface area contributed by atoms with E-state index in [1.165, 1.54) is 11.3 Å². The second kappa shape index (κ2) is 15.2. The summed E-state index contributed by atoms with van der Waals surface area (Å²) in [4.78, 5) is 69.4. The van der Waals surface area contributed by atoms with E-state index in [1.807, 2.05) is 30.3 Å². The lowest BCUT2D eigenvalue weighted by molar-refractivity contribution is -0.141. The molecule has 234 valence electrons. The second-order valence-electron chi connectivity index (χ2n) is 11.9. The monoisotopic (exact) mass is 619 g/mol. The van der Waals surface area contributed by atoms with Crippen LogP contribution in [0, 0.1) is 5.92 Å². The van der Waals surface area contributed by atoms with Crippen molar-refractivity contribution in [3.63, 3.8) is 0 Å². The van der Waals surface area contributed by atoms with Crippen molar-refractivity contribution in [1.82, 2.24) is 26.3 Å². The molecular weight excluding hydrogens is 578 g/mol. The molecule has 10 nitrogen and oxygen atoms in total. The van der Waals surface area contributed by atoms with Crippen molar-refractivity contribution in [2.45, 2.75) is 83.0 Å². The third-order valence-electron chi connectivity index (χ3n) is 8.07. The quantitative estimate of drug-likeness (QED) is 0.160. The normalized spacial score (nSPS) is 16.5. The van der Waals surface area contributed by atoms with E-state index in [1.54, 1.807) is 44.5 Å². The standard InChI is InChI=1S/C33H41N5O5S/c1-21(2)28(29(40)32(43)36-25-12-8-5-9-13-25)37-30(41)22(3)34-18-33(19-39,17-23-10-6-4-7-11-23)38-31(42)24-14-15-26-27(16-24)44-20-35-26/h4,6-7,10-11,14-16,19-22,25,28,34H,5,8-9,12-13,17-18H2,1-3H3,(H,36,43)(H,37,41)(H,38,42)/t22-,28-,33+/m0/s1. The lowest BCUT2D eigenvalue weighted by atomic mass is 9.91. The molecule has 0 bridgehead atoms. The van der Waals surface area contributed by atoms with E-state index in [9.17, 15) is 24.0 Å². The molecule has 3 atom stereocenters. The topological polar surface area (TPSA) is 146 Å². The number of thiazole rings is 1. The Labute approximate surface area is 261 Å². The Kier molecular flexibility index (Phi) is 11.4. The summed E-state index contributed by atoms with van der Waals surface area (Å²) in [5, 5.41) is 11.5. The van der Waals surface area contributed by atoms with Gasteiger partial charge in [-0.2, -0.15) is 0 Å². The van der Waals surface area contributed by atoms with Crippen LogP contribution in [0.5, 0.6) is 0 Å². The molecule has 4 N–H and O–H groups in total. The fourth-order valence-electron chi connectivity index (χ4n) is 5.40. The van der Waals surface area contributed by atoms with Gasteiger partial charge in [0.2, 0.25) is 11.7 Å². The molecule has 1 aromatic heterocycles. The zero-order valence-corrected chi connectivity index (χ0v) is 26.2. The predicted molar refractivity (Wildman–Crippen MR) is 170 cm³/mol. The van der Waals surface area contributed by atoms with Crippen LogP contribution < -0.4 is 21.3 Å². The number of rotatable bonds is 14. The van der Waals surface area contributed by atoms with E-state index in [0.717, 1.165) is 47.9 Å². The number of fused-ring (bicyclic) bond motifs is 1. The first-order valence-corrected chi connectivity index (χ1v) is 16.0. The molecule has 1 saturated carbocycles. The number of aromatic nitrogens is 1. The highest BCUT2D eigenvalue weighted by Crippen LogP contribution is 2.21. The maximum absolute atomic E-state index is 13.4. The van der Waals surface area contributed by atoms with Gasteiger partial charge in [-0.05, 0) is 49.4 Å². The van der Waals surface area contributed by atoms with Gasteiger partial charge in [-0.1, -0.05) is 63.4 Å². The molecule has 2 aromatic carbocycles. The minimum absolute atomic E-state index is 0.0236. The molecule has 1 aliphatic carbocycles. The highest BCUT2D eigenvalue weighted by molar-refractivity contribution is 7.16. The molecule has 11 heteroatoms. The van der Waals surface area contributed by atoms with Crippen LogP contribution in [-0.4, -0.2) is 65.0 Å². The van der Waals surface area contributed by atoms with Crippen LogP contribution in [0.2, 0.25) is 0 Å². The van der Waals surface area contributed by atoms with Crippen LogP contribution in [-0.2, 0) is 25.6 Å². The Morgan fingerprint density at radius 2 is 1.75 bits per heavy atom. The van der Waals surface area contributed by atoms with Crippen molar-refractivity contribution in [2.75, 3.05) is 6.54 Å². The number of hydrogen-bond acceptors (Lipinski definition) is 8. The molecule has 44 heavy (non-hydrogen) atoms. The second-order valence-corrected chi connectivity index (χ2v) is 12.8. The van der Waals surface area contributed by atoms with Gasteiger partial charge in [0, 0.05) is 24.6 Å². The van der Waals surface area contributed by atoms with E-state index < -0.39 is 41.1 Å². The van der Waals surface area contributed by atoms with Crippen LogP contribution in [0.15, 0.2) is 54.0 Å². The lowest BCUT2D eigenvalue weighted by Gasteiger charge is -2.32. The summed E-state index contributed by atoms with van der Waals surface area (Å²) in [5.74, 6) is -2.61. The van der Waals surface area contributed by atoms with E-state index in [0.29, 0.717) is 11.8 Å². The number of carbonyl (C=O) groups is 5. The smallest absolute Gasteiger partial charge is 0.289 e. The van der Waals surface area contributed by atoms with Gasteiger partial charge in [-0.15, -0.1) is 11.3 Å². The fourth-order valence-corrected chi connectivity index (χ4v) is 6.12. The van der Waals surface area contributed by atoms with E-state index >= 15 is 0 Å². The van der Waals surface area contributed by atoms with Gasteiger partial charge in [0.05, 0.1) is 27.8 Å². The van der Waals surface area contributed by atoms with Crippen molar-refractivity contribution >= 4 is 51.3 Å². The number of nitrogens with one attached hydrogen (secondary N) is 4. The minimum atomic E-state index is -1.39. The molecule has 0 spiro atoms. The Hall–Kier alpha value is -3.96. The molecule has 0 radical (unpaired) electrons. The third-order valence-corrected chi connectivity index (χ3v) is 8.86. The number of hydrogen-bond donors (Lipinski definition) is 4. The first-order chi connectivity index (χ1) is 21.1. The Morgan fingerprint density at radius 1 is 1.02 bits per heavy atom. The van der Waals surface area contributed by atoms with Crippen LogP contribution >= 0.6 is 11.3 Å². The summed E-state index contributed by atoms with van der Waals surface area (Å²) in [6, 6.07) is 12.6. The maximum Gasteiger partial charge on any atom is 0.289 e. The molecule has 0 saturated heterocycles. The zero-order chi connectivity index (χ0) is 31.7. The number of amides is 3. The lowest BCUT2D eigenvalue weighted by Crippen LogP contribution is -2.61. The van der Waals surface area contributed by atoms with Crippen molar-refractivity contribution in [3.05, 3.63) is 65.2 Å². The fraction of sp³-hybridized carbons (Fsp3) is 0.455. The number of Topliss-reactive ketones (excluding diaryl/α,β-unsaturated/α-hetero) is 1. The zero-order valence-electron chi connectivity index (χ0n) is 25.4. The number of aldehydes is 1. The Morgan fingerprint density at radius 3 is 2.43 bits per heavy atom. The minimum Gasteiger partial charge on any atom is -0.347 e. The van der Waals surface area contributed by atoms with Crippen LogP contribution in [0.25, 0.3) is 10.2 Å². The maximum atomic E-state index is 13.4. The van der Waals surface area contributed by atoms with Crippen molar-refractivity contribution < 1.29 is 24.0 Å². The van der Waals surface area contributed by atoms with Gasteiger partial charge >= 0.3 is 0 Å². The summed E-state index contributed by atoms with van der Waals surface area (Å²) in [6.07, 6.45) is 5.71. The molecule has 3 aromatic rings. The van der Waals surface area contributed by atoms with Crippen molar-refractivity contribution in [3.8, 4) is 0 Å². The van der Waals surface area contributed by atoms with E-state index in [4.69, 9.17) is 0 Å². The number of nitrogens with zero attached hydrogens (tertiary/aromatic N) is 1. The van der Waals surface area contributed by atoms with Crippen LogP contribution in [0.1, 0.15) is 68.8 Å². The van der Waals surface area contributed by atoms with Crippen molar-refractivity contribution in [1.29, 1.82) is 0 Å². The Bertz CT molecular complexity index is 1470. The summed E-state index contributed by atoms with van der Waals surface area (Å²) in [6.45, 7) is 5.09. The predicted octanol–water partition coefficient (Wildman–Crippen LogP) is 3.34. The average molecular weight is 620 g/mol. The number of carbonyl (C=O) groups excluding carboxylic acids is 5. The number of ketones is 1. The first-order valence-electron chi connectivity index (χ1n) is 15.2. The summed E-state index contributed by atoms with van der Waals surface area (Å²) >= 11 is 1.42. The van der Waals surface area contributed by atoms with Crippen LogP contribution in [0.3, 0.4) is 0 Å². The highest BCUT2D eigenvalue weighted by atomic mass is 32.1. The Balaban J connectivity index is 1.44. The largest absolute Gasteiger partial charge is 0.347 e. The summed E-state index contributed by atoms with van der Waals surface area (Å²) < 4.78 is 0.850. The van der Waals surface area contributed by atoms with Gasteiger partial charge in [0.1, 0.15) is 11.8 Å². The van der Waals surface area contributed by atoms with Crippen LogP contribution in [0.4, 0.5) is 0 Å². The van der Waals surface area contributed by atoms with Crippen molar-refractivity contribution in [2.24, 2.45) is 5.92 Å².